The van der Waals surface area contributed by atoms with E-state index in [4.69, 9.17) is 13.9 Å². The van der Waals surface area contributed by atoms with Crippen molar-refractivity contribution >= 4 is 27.7 Å². The first-order valence-electron chi connectivity index (χ1n) is 12.5. The zero-order valence-corrected chi connectivity index (χ0v) is 21.1. The SMILES string of the molecule is O=C(Oc1ccc2c(=O)c(Oc3ccc4ccccc4c3)c(C(F)(F)F)oc2c1)c1ccc(-c2ccccc2)cc1. The molecule has 0 unspecified atom stereocenters. The van der Waals surface area contributed by atoms with Gasteiger partial charge in [0.1, 0.15) is 17.1 Å². The molecule has 0 aliphatic rings. The number of hydrogen-bond acceptors (Lipinski definition) is 5. The van der Waals surface area contributed by atoms with E-state index >= 15 is 0 Å². The highest BCUT2D eigenvalue weighted by atomic mass is 19.4. The summed E-state index contributed by atoms with van der Waals surface area (Å²) in [4.78, 5) is 25.9. The molecule has 41 heavy (non-hydrogen) atoms. The fourth-order valence-corrected chi connectivity index (χ4v) is 4.44. The fourth-order valence-electron chi connectivity index (χ4n) is 4.44. The zero-order valence-electron chi connectivity index (χ0n) is 21.1. The van der Waals surface area contributed by atoms with Crippen LogP contribution in [0.25, 0.3) is 32.9 Å². The summed E-state index contributed by atoms with van der Waals surface area (Å²) >= 11 is 0. The lowest BCUT2D eigenvalue weighted by Crippen LogP contribution is -2.15. The number of carbonyl (C=O) groups is 1. The standard InChI is InChI=1S/C33H19F3O5/c34-33(35,36)31-30(39-25-15-14-21-8-4-5-9-24(21)18-25)29(37)27-17-16-26(19-28(27)41-31)40-32(38)23-12-10-22(11-13-23)20-6-2-1-3-7-20/h1-19H. The van der Waals surface area contributed by atoms with Gasteiger partial charge in [0.25, 0.3) is 5.76 Å². The molecule has 0 saturated carbocycles. The van der Waals surface area contributed by atoms with Crippen molar-refractivity contribution in [2.24, 2.45) is 0 Å². The minimum absolute atomic E-state index is 0.0460. The van der Waals surface area contributed by atoms with Crippen LogP contribution in [0, 0.1) is 0 Å². The molecule has 1 aromatic heterocycles. The molecule has 202 valence electrons. The lowest BCUT2D eigenvalue weighted by molar-refractivity contribution is -0.154. The van der Waals surface area contributed by atoms with Gasteiger partial charge in [0.2, 0.25) is 11.2 Å². The predicted octanol–water partition coefficient (Wildman–Crippen LogP) is 8.64. The quantitative estimate of drug-likeness (QED) is 0.158. The fraction of sp³-hybridized carbons (Fsp3) is 0.0303. The Balaban J connectivity index is 1.31. The van der Waals surface area contributed by atoms with E-state index in [2.05, 4.69) is 0 Å². The Hall–Kier alpha value is -5.37. The number of hydrogen-bond donors (Lipinski definition) is 0. The minimum atomic E-state index is -5.04. The molecule has 0 fully saturated rings. The van der Waals surface area contributed by atoms with Crippen LogP contribution in [0.5, 0.6) is 17.2 Å². The van der Waals surface area contributed by atoms with Crippen LogP contribution in [-0.2, 0) is 6.18 Å². The van der Waals surface area contributed by atoms with E-state index in [1.54, 1.807) is 42.5 Å². The van der Waals surface area contributed by atoms with Crippen LogP contribution in [0.4, 0.5) is 13.2 Å². The average molecular weight is 553 g/mol. The van der Waals surface area contributed by atoms with E-state index in [0.717, 1.165) is 28.0 Å². The highest BCUT2D eigenvalue weighted by Gasteiger charge is 2.40. The maximum atomic E-state index is 14.0. The Labute approximate surface area is 231 Å². The van der Waals surface area contributed by atoms with Crippen LogP contribution >= 0.6 is 0 Å². The van der Waals surface area contributed by atoms with Gasteiger partial charge in [-0.15, -0.1) is 0 Å². The highest BCUT2D eigenvalue weighted by molar-refractivity contribution is 5.92. The molecule has 0 aliphatic heterocycles. The first-order chi connectivity index (χ1) is 19.8. The number of halogens is 3. The van der Waals surface area contributed by atoms with Crippen LogP contribution in [0.2, 0.25) is 0 Å². The van der Waals surface area contributed by atoms with E-state index in [1.165, 1.54) is 24.3 Å². The number of benzene rings is 5. The van der Waals surface area contributed by atoms with Gasteiger partial charge in [0.15, 0.2) is 0 Å². The number of carbonyl (C=O) groups excluding carboxylic acids is 1. The summed E-state index contributed by atoms with van der Waals surface area (Å²) in [6.45, 7) is 0. The summed E-state index contributed by atoms with van der Waals surface area (Å²) in [5.41, 5.74) is 0.692. The topological polar surface area (TPSA) is 65.7 Å². The maximum absolute atomic E-state index is 14.0. The molecule has 0 amide bonds. The van der Waals surface area contributed by atoms with Crippen molar-refractivity contribution in [3.05, 3.63) is 137 Å². The molecule has 6 rings (SSSR count). The Morgan fingerprint density at radius 2 is 1.34 bits per heavy atom. The normalized spacial score (nSPS) is 11.5. The summed E-state index contributed by atoms with van der Waals surface area (Å²) in [5.74, 6) is -3.34. The lowest BCUT2D eigenvalue weighted by atomic mass is 10.0. The average Bonchev–Trinajstić information content (AvgIpc) is 2.98. The van der Waals surface area contributed by atoms with E-state index < -0.39 is 34.7 Å². The third-order valence-electron chi connectivity index (χ3n) is 6.46. The second-order valence-electron chi connectivity index (χ2n) is 9.19. The van der Waals surface area contributed by atoms with Gasteiger partial charge >= 0.3 is 12.1 Å². The van der Waals surface area contributed by atoms with Crippen LogP contribution in [0.15, 0.2) is 124 Å². The Morgan fingerprint density at radius 3 is 2.07 bits per heavy atom. The largest absolute Gasteiger partial charge is 0.453 e. The number of alkyl halides is 3. The molecule has 0 bridgehead atoms. The number of fused-ring (bicyclic) bond motifs is 2. The van der Waals surface area contributed by atoms with Crippen molar-refractivity contribution in [1.29, 1.82) is 0 Å². The summed E-state index contributed by atoms with van der Waals surface area (Å²) < 4.78 is 58.0. The van der Waals surface area contributed by atoms with Crippen LogP contribution in [0.1, 0.15) is 16.1 Å². The molecule has 0 N–H and O–H groups in total. The zero-order chi connectivity index (χ0) is 28.6. The van der Waals surface area contributed by atoms with Crippen LogP contribution in [-0.4, -0.2) is 5.97 Å². The van der Waals surface area contributed by atoms with Crippen molar-refractivity contribution in [1.82, 2.24) is 0 Å². The van der Waals surface area contributed by atoms with Gasteiger partial charge in [-0.25, -0.2) is 4.79 Å². The number of ether oxygens (including phenoxy) is 2. The van der Waals surface area contributed by atoms with Gasteiger partial charge in [-0.1, -0.05) is 72.8 Å². The highest BCUT2D eigenvalue weighted by Crippen LogP contribution is 2.39. The molecule has 5 nitrogen and oxygen atoms in total. The van der Waals surface area contributed by atoms with Crippen molar-refractivity contribution in [3.8, 4) is 28.4 Å². The van der Waals surface area contributed by atoms with E-state index in [9.17, 15) is 22.8 Å². The lowest BCUT2D eigenvalue weighted by Gasteiger charge is -2.14. The van der Waals surface area contributed by atoms with Crippen molar-refractivity contribution in [2.75, 3.05) is 0 Å². The smallest absolute Gasteiger partial charge is 0.449 e. The molecule has 0 spiro atoms. The van der Waals surface area contributed by atoms with Gasteiger partial charge in [0.05, 0.1) is 10.9 Å². The second-order valence-corrected chi connectivity index (χ2v) is 9.19. The molecule has 0 aliphatic carbocycles. The molecule has 5 aromatic carbocycles. The Kier molecular flexibility index (Phi) is 6.51. The molecule has 1 heterocycles. The van der Waals surface area contributed by atoms with Crippen molar-refractivity contribution in [2.45, 2.75) is 6.18 Å². The molecule has 0 radical (unpaired) electrons. The minimum Gasteiger partial charge on any atom is -0.449 e. The number of esters is 1. The van der Waals surface area contributed by atoms with Crippen LogP contribution in [0.3, 0.4) is 0 Å². The monoisotopic (exact) mass is 552 g/mol. The molecule has 8 heteroatoms. The summed E-state index contributed by atoms with van der Waals surface area (Å²) in [7, 11) is 0. The van der Waals surface area contributed by atoms with Crippen molar-refractivity contribution < 1.29 is 31.9 Å². The summed E-state index contributed by atoms with van der Waals surface area (Å²) in [5, 5.41) is 1.42. The molecular weight excluding hydrogens is 533 g/mol. The maximum Gasteiger partial charge on any atom is 0.453 e. The second kappa shape index (κ2) is 10.3. The Bertz CT molecular complexity index is 1960. The van der Waals surface area contributed by atoms with Crippen molar-refractivity contribution in [3.63, 3.8) is 0 Å². The summed E-state index contributed by atoms with van der Waals surface area (Å²) in [6.07, 6.45) is -5.04. The third-order valence-corrected chi connectivity index (χ3v) is 6.46. The Morgan fingerprint density at radius 1 is 0.683 bits per heavy atom. The van der Waals surface area contributed by atoms with Crippen LogP contribution < -0.4 is 14.9 Å². The van der Waals surface area contributed by atoms with Gasteiger partial charge in [0, 0.05) is 6.07 Å². The summed E-state index contributed by atoms with van der Waals surface area (Å²) in [6, 6.07) is 31.8. The third kappa shape index (κ3) is 5.27. The van der Waals surface area contributed by atoms with E-state index in [1.807, 2.05) is 42.5 Å². The van der Waals surface area contributed by atoms with Gasteiger partial charge < -0.3 is 13.9 Å². The first kappa shape index (κ1) is 25.9. The first-order valence-corrected chi connectivity index (χ1v) is 12.5. The van der Waals surface area contributed by atoms with Gasteiger partial charge in [-0.2, -0.15) is 13.2 Å². The molecular formula is C33H19F3O5. The predicted molar refractivity (Wildman–Crippen MR) is 148 cm³/mol. The van der Waals surface area contributed by atoms with E-state index in [-0.39, 0.29) is 22.4 Å². The molecule has 6 aromatic rings. The van der Waals surface area contributed by atoms with E-state index in [0.29, 0.717) is 0 Å². The molecule has 0 saturated heterocycles. The molecule has 0 atom stereocenters. The number of rotatable bonds is 5. The van der Waals surface area contributed by atoms with Gasteiger partial charge in [-0.05, 0) is 58.3 Å². The van der Waals surface area contributed by atoms with Gasteiger partial charge in [-0.3, -0.25) is 4.79 Å².